The number of rotatable bonds is 8. The molecule has 2 aliphatic heterocycles. The van der Waals surface area contributed by atoms with Crippen LogP contribution in [-0.4, -0.2) is 54.6 Å². The zero-order valence-electron chi connectivity index (χ0n) is 17.7. The van der Waals surface area contributed by atoms with Gasteiger partial charge in [0, 0.05) is 31.4 Å². The number of hydrogen-bond donors (Lipinski definition) is 3. The Kier molecular flexibility index (Phi) is 7.47. The monoisotopic (exact) mass is 453 g/mol. The molecule has 2 aromatic carbocycles. The molecule has 4 rings (SSSR count). The van der Waals surface area contributed by atoms with E-state index in [1.807, 2.05) is 54.6 Å². The Morgan fingerprint density at radius 2 is 1.84 bits per heavy atom. The van der Waals surface area contributed by atoms with E-state index in [1.165, 1.54) is 0 Å². The summed E-state index contributed by atoms with van der Waals surface area (Å²) in [5.41, 5.74) is 2.03. The molecule has 0 spiro atoms. The Bertz CT molecular complexity index is 957. The molecule has 32 heavy (non-hydrogen) atoms. The van der Waals surface area contributed by atoms with Crippen LogP contribution in [0, 0.1) is 0 Å². The zero-order chi connectivity index (χ0) is 22.3. The van der Waals surface area contributed by atoms with E-state index in [9.17, 15) is 14.7 Å². The molecule has 2 aromatic rings. The molecule has 0 radical (unpaired) electrons. The van der Waals surface area contributed by atoms with Crippen molar-refractivity contribution >= 4 is 34.7 Å². The molecular formula is C24H27N3O4S. The average molecular weight is 454 g/mol. The number of aliphatic hydroxyl groups excluding tert-OH is 1. The summed E-state index contributed by atoms with van der Waals surface area (Å²) in [6.07, 6.45) is 3.18. The first-order chi connectivity index (χ1) is 15.6. The number of piperidine rings is 1. The van der Waals surface area contributed by atoms with Crippen LogP contribution >= 0.6 is 11.8 Å². The van der Waals surface area contributed by atoms with Gasteiger partial charge < -0.3 is 20.1 Å². The van der Waals surface area contributed by atoms with Gasteiger partial charge >= 0.3 is 0 Å². The van der Waals surface area contributed by atoms with Crippen LogP contribution < -0.4 is 20.3 Å². The molecule has 7 nitrogen and oxygen atoms in total. The van der Waals surface area contributed by atoms with Crippen LogP contribution in [0.4, 0.5) is 10.5 Å². The molecule has 2 aliphatic rings. The summed E-state index contributed by atoms with van der Waals surface area (Å²) >= 11 is 0.928. The molecular weight excluding hydrogens is 426 g/mol. The Morgan fingerprint density at radius 3 is 2.50 bits per heavy atom. The highest BCUT2D eigenvalue weighted by atomic mass is 32.2. The van der Waals surface area contributed by atoms with Gasteiger partial charge in [-0.15, -0.1) is 0 Å². The summed E-state index contributed by atoms with van der Waals surface area (Å²) in [5, 5.41) is 15.6. The van der Waals surface area contributed by atoms with Crippen LogP contribution in [0.5, 0.6) is 5.75 Å². The number of hydrogen-bond acceptors (Lipinski definition) is 7. The predicted octanol–water partition coefficient (Wildman–Crippen LogP) is 3.01. The van der Waals surface area contributed by atoms with Crippen LogP contribution in [0.15, 0.2) is 59.5 Å². The lowest BCUT2D eigenvalue weighted by Gasteiger charge is -2.34. The lowest BCUT2D eigenvalue weighted by molar-refractivity contribution is -0.115. The minimum Gasteiger partial charge on any atom is -0.491 e. The van der Waals surface area contributed by atoms with Gasteiger partial charge in [0.1, 0.15) is 18.5 Å². The summed E-state index contributed by atoms with van der Waals surface area (Å²) in [5.74, 6) is 0.427. The Balaban J connectivity index is 1.19. The first kappa shape index (κ1) is 22.4. The van der Waals surface area contributed by atoms with Gasteiger partial charge in [-0.3, -0.25) is 14.9 Å². The summed E-state index contributed by atoms with van der Waals surface area (Å²) in [7, 11) is 0. The second-order valence-electron chi connectivity index (χ2n) is 7.89. The number of aliphatic hydroxyl groups is 1. The van der Waals surface area contributed by atoms with Crippen LogP contribution in [0.25, 0.3) is 6.08 Å². The number of para-hydroxylation sites is 1. The van der Waals surface area contributed by atoms with Crippen LogP contribution in [-0.2, 0) is 4.79 Å². The number of ether oxygens (including phenoxy) is 1. The molecule has 0 aromatic heterocycles. The van der Waals surface area contributed by atoms with Crippen LogP contribution in [0.1, 0.15) is 18.4 Å². The number of carbonyl (C=O) groups excluding carboxylic acids is 2. The highest BCUT2D eigenvalue weighted by Gasteiger charge is 2.25. The summed E-state index contributed by atoms with van der Waals surface area (Å²) < 4.78 is 5.60. The van der Waals surface area contributed by atoms with Gasteiger partial charge in [0.05, 0.1) is 4.91 Å². The number of imide groups is 1. The number of benzene rings is 2. The normalized spacial score (nSPS) is 19.3. The Morgan fingerprint density at radius 1 is 1.12 bits per heavy atom. The molecule has 0 saturated carbocycles. The van der Waals surface area contributed by atoms with E-state index in [2.05, 4.69) is 15.5 Å². The fraction of sp³-hybridized carbons (Fsp3) is 0.333. The van der Waals surface area contributed by atoms with Crippen molar-refractivity contribution in [3.8, 4) is 5.75 Å². The molecule has 2 heterocycles. The smallest absolute Gasteiger partial charge is 0.290 e. The third-order valence-electron chi connectivity index (χ3n) is 5.52. The summed E-state index contributed by atoms with van der Waals surface area (Å²) in [4.78, 5) is 25.7. The highest BCUT2D eigenvalue weighted by Crippen LogP contribution is 2.27. The SMILES string of the molecule is O=C1NC(=O)C(=Cc2ccc(N3CCC(NCC(O)COc4ccccc4)CC3)cc2)S1. The molecule has 1 unspecified atom stereocenters. The van der Waals surface area contributed by atoms with E-state index in [-0.39, 0.29) is 17.8 Å². The maximum Gasteiger partial charge on any atom is 0.290 e. The standard InChI is InChI=1S/C24H27N3O4S/c28-20(16-31-21-4-2-1-3-5-21)15-25-18-10-12-27(13-11-18)19-8-6-17(7-9-19)14-22-23(29)26-24(30)32-22/h1-9,14,18,20,25,28H,10-13,15-16H2,(H,26,29,30). The fourth-order valence-electron chi connectivity index (χ4n) is 3.77. The minimum absolute atomic E-state index is 0.271. The third-order valence-corrected chi connectivity index (χ3v) is 6.33. The van der Waals surface area contributed by atoms with Crippen molar-refractivity contribution in [1.29, 1.82) is 0 Å². The third kappa shape index (κ3) is 6.12. The number of thioether (sulfide) groups is 1. The van der Waals surface area contributed by atoms with Crippen molar-refractivity contribution in [2.45, 2.75) is 25.0 Å². The molecule has 1 atom stereocenters. The molecule has 2 amide bonds. The second-order valence-corrected chi connectivity index (χ2v) is 8.91. The van der Waals surface area contributed by atoms with E-state index < -0.39 is 6.10 Å². The lowest BCUT2D eigenvalue weighted by Crippen LogP contribution is -2.45. The van der Waals surface area contributed by atoms with Crippen LogP contribution in [0.3, 0.4) is 0 Å². The van der Waals surface area contributed by atoms with E-state index in [0.29, 0.717) is 17.5 Å². The van der Waals surface area contributed by atoms with Gasteiger partial charge in [-0.25, -0.2) is 0 Å². The van der Waals surface area contributed by atoms with Crippen molar-refractivity contribution < 1.29 is 19.4 Å². The summed E-state index contributed by atoms with van der Waals surface area (Å²) in [6, 6.07) is 17.9. The first-order valence-corrected chi connectivity index (χ1v) is 11.6. The molecule has 168 valence electrons. The van der Waals surface area contributed by atoms with E-state index >= 15 is 0 Å². The average Bonchev–Trinajstić information content (AvgIpc) is 3.14. The molecule has 8 heteroatoms. The number of nitrogens with zero attached hydrogens (tertiary/aromatic N) is 1. The van der Waals surface area contributed by atoms with Crippen molar-refractivity contribution in [3.63, 3.8) is 0 Å². The van der Waals surface area contributed by atoms with Crippen LogP contribution in [0.2, 0.25) is 0 Å². The molecule has 0 bridgehead atoms. The van der Waals surface area contributed by atoms with E-state index in [4.69, 9.17) is 4.74 Å². The largest absolute Gasteiger partial charge is 0.491 e. The summed E-state index contributed by atoms with van der Waals surface area (Å²) in [6.45, 7) is 2.64. The molecule has 2 fully saturated rings. The molecule has 3 N–H and O–H groups in total. The van der Waals surface area contributed by atoms with Gasteiger partial charge in [-0.1, -0.05) is 30.3 Å². The zero-order valence-corrected chi connectivity index (χ0v) is 18.5. The maximum atomic E-state index is 11.7. The Hall–Kier alpha value is -2.81. The van der Waals surface area contributed by atoms with Gasteiger partial charge in [-0.2, -0.15) is 0 Å². The van der Waals surface area contributed by atoms with Gasteiger partial charge in [0.2, 0.25) is 0 Å². The molecule has 2 saturated heterocycles. The van der Waals surface area contributed by atoms with Gasteiger partial charge in [0.15, 0.2) is 0 Å². The topological polar surface area (TPSA) is 90.9 Å². The van der Waals surface area contributed by atoms with E-state index in [0.717, 1.165) is 54.7 Å². The quantitative estimate of drug-likeness (QED) is 0.529. The second kappa shape index (κ2) is 10.7. The number of nitrogens with one attached hydrogen (secondary N) is 2. The van der Waals surface area contributed by atoms with Crippen molar-refractivity contribution in [2.24, 2.45) is 0 Å². The number of amides is 2. The van der Waals surface area contributed by atoms with Crippen molar-refractivity contribution in [1.82, 2.24) is 10.6 Å². The minimum atomic E-state index is -0.551. The van der Waals surface area contributed by atoms with E-state index in [1.54, 1.807) is 6.08 Å². The predicted molar refractivity (Wildman–Crippen MR) is 127 cm³/mol. The molecule has 0 aliphatic carbocycles. The lowest BCUT2D eigenvalue weighted by atomic mass is 10.0. The fourth-order valence-corrected chi connectivity index (χ4v) is 4.45. The number of anilines is 1. The highest BCUT2D eigenvalue weighted by molar-refractivity contribution is 8.18. The first-order valence-electron chi connectivity index (χ1n) is 10.8. The van der Waals surface area contributed by atoms with Crippen molar-refractivity contribution in [3.05, 3.63) is 65.1 Å². The van der Waals surface area contributed by atoms with Gasteiger partial charge in [0.25, 0.3) is 11.1 Å². The van der Waals surface area contributed by atoms with Crippen molar-refractivity contribution in [2.75, 3.05) is 31.1 Å². The number of carbonyl (C=O) groups is 2. The van der Waals surface area contributed by atoms with Gasteiger partial charge in [-0.05, 0) is 60.5 Å². The maximum absolute atomic E-state index is 11.7. The Labute approximate surface area is 191 Å².